The molecule has 1 heterocycles. The molecule has 0 aliphatic carbocycles. The van der Waals surface area contributed by atoms with Gasteiger partial charge in [0.2, 0.25) is 0 Å². The standard InChI is InChI=1S/C14H17N3O2/c1-10-4-3-5-12(8-10)19-11(2)14(18)17-9-13-15-6-7-16-13/h3-8,11H,9H2,1-2H3,(H,15,16)(H,17,18). The second-order valence-corrected chi connectivity index (χ2v) is 4.33. The molecule has 1 aromatic carbocycles. The number of nitrogens with one attached hydrogen (secondary N) is 2. The van der Waals surface area contributed by atoms with Gasteiger partial charge in [0, 0.05) is 12.4 Å². The van der Waals surface area contributed by atoms with Gasteiger partial charge in [0.1, 0.15) is 11.6 Å². The van der Waals surface area contributed by atoms with Gasteiger partial charge in [-0.25, -0.2) is 4.98 Å². The van der Waals surface area contributed by atoms with Gasteiger partial charge in [0.15, 0.2) is 6.10 Å². The van der Waals surface area contributed by atoms with E-state index in [-0.39, 0.29) is 5.91 Å². The summed E-state index contributed by atoms with van der Waals surface area (Å²) in [7, 11) is 0. The molecule has 19 heavy (non-hydrogen) atoms. The van der Waals surface area contributed by atoms with Crippen molar-refractivity contribution in [3.05, 3.63) is 48.0 Å². The molecule has 0 bridgehead atoms. The van der Waals surface area contributed by atoms with Gasteiger partial charge >= 0.3 is 0 Å². The van der Waals surface area contributed by atoms with Crippen molar-refractivity contribution >= 4 is 5.91 Å². The number of aryl methyl sites for hydroxylation is 1. The van der Waals surface area contributed by atoms with Crippen molar-refractivity contribution in [1.29, 1.82) is 0 Å². The first kappa shape index (κ1) is 13.1. The number of carbonyl (C=O) groups is 1. The quantitative estimate of drug-likeness (QED) is 0.860. The second-order valence-electron chi connectivity index (χ2n) is 4.33. The van der Waals surface area contributed by atoms with E-state index in [0.29, 0.717) is 12.3 Å². The van der Waals surface area contributed by atoms with Crippen LogP contribution in [-0.4, -0.2) is 22.0 Å². The van der Waals surface area contributed by atoms with Crippen molar-refractivity contribution in [2.45, 2.75) is 26.5 Å². The largest absolute Gasteiger partial charge is 0.481 e. The minimum absolute atomic E-state index is 0.169. The van der Waals surface area contributed by atoms with Crippen molar-refractivity contribution in [2.75, 3.05) is 0 Å². The maximum Gasteiger partial charge on any atom is 0.261 e. The molecule has 2 N–H and O–H groups in total. The van der Waals surface area contributed by atoms with Gasteiger partial charge in [0.25, 0.3) is 5.91 Å². The van der Waals surface area contributed by atoms with Crippen molar-refractivity contribution in [1.82, 2.24) is 15.3 Å². The van der Waals surface area contributed by atoms with Gasteiger partial charge in [0.05, 0.1) is 6.54 Å². The lowest BCUT2D eigenvalue weighted by molar-refractivity contribution is -0.127. The molecule has 2 aromatic rings. The van der Waals surface area contributed by atoms with Crippen LogP contribution < -0.4 is 10.1 Å². The van der Waals surface area contributed by atoms with Crippen LogP contribution in [-0.2, 0) is 11.3 Å². The topological polar surface area (TPSA) is 67.0 Å². The van der Waals surface area contributed by atoms with Gasteiger partial charge in [-0.2, -0.15) is 0 Å². The van der Waals surface area contributed by atoms with Crippen LogP contribution in [0.5, 0.6) is 5.75 Å². The molecule has 0 fully saturated rings. The lowest BCUT2D eigenvalue weighted by atomic mass is 10.2. The zero-order valence-corrected chi connectivity index (χ0v) is 11.0. The summed E-state index contributed by atoms with van der Waals surface area (Å²) >= 11 is 0. The fraction of sp³-hybridized carbons (Fsp3) is 0.286. The Bertz CT molecular complexity index is 537. The average molecular weight is 259 g/mol. The van der Waals surface area contributed by atoms with E-state index in [4.69, 9.17) is 4.74 Å². The zero-order chi connectivity index (χ0) is 13.7. The summed E-state index contributed by atoms with van der Waals surface area (Å²) in [6.07, 6.45) is 2.82. The summed E-state index contributed by atoms with van der Waals surface area (Å²) in [5, 5.41) is 2.76. The van der Waals surface area contributed by atoms with Crippen LogP contribution in [0.25, 0.3) is 0 Å². The van der Waals surface area contributed by atoms with Crippen molar-refractivity contribution in [3.63, 3.8) is 0 Å². The summed E-state index contributed by atoms with van der Waals surface area (Å²) in [5.41, 5.74) is 1.10. The molecular formula is C14H17N3O2. The molecule has 5 heteroatoms. The van der Waals surface area contributed by atoms with Crippen LogP contribution in [0.4, 0.5) is 0 Å². The zero-order valence-electron chi connectivity index (χ0n) is 11.0. The van der Waals surface area contributed by atoms with E-state index in [1.165, 1.54) is 0 Å². The number of H-pyrrole nitrogens is 1. The molecule has 1 atom stereocenters. The number of aromatic nitrogens is 2. The van der Waals surface area contributed by atoms with E-state index in [9.17, 15) is 4.79 Å². The molecule has 0 aliphatic rings. The molecular weight excluding hydrogens is 242 g/mol. The number of ether oxygens (including phenoxy) is 1. The maximum absolute atomic E-state index is 11.8. The molecule has 100 valence electrons. The van der Waals surface area contributed by atoms with Crippen LogP contribution in [0.3, 0.4) is 0 Å². The Balaban J connectivity index is 1.85. The van der Waals surface area contributed by atoms with E-state index in [1.54, 1.807) is 19.3 Å². The first-order valence-electron chi connectivity index (χ1n) is 6.14. The molecule has 0 saturated carbocycles. The third-order valence-corrected chi connectivity index (χ3v) is 2.66. The van der Waals surface area contributed by atoms with Crippen molar-refractivity contribution in [3.8, 4) is 5.75 Å². The van der Waals surface area contributed by atoms with E-state index in [2.05, 4.69) is 15.3 Å². The Morgan fingerprint density at radius 3 is 3.05 bits per heavy atom. The van der Waals surface area contributed by atoms with Gasteiger partial charge in [-0.15, -0.1) is 0 Å². The molecule has 5 nitrogen and oxygen atoms in total. The van der Waals surface area contributed by atoms with Gasteiger partial charge in [-0.1, -0.05) is 12.1 Å². The molecule has 0 aliphatic heterocycles. The van der Waals surface area contributed by atoms with Crippen molar-refractivity contribution < 1.29 is 9.53 Å². The highest BCUT2D eigenvalue weighted by Gasteiger charge is 2.14. The Morgan fingerprint density at radius 2 is 2.37 bits per heavy atom. The summed E-state index contributed by atoms with van der Waals surface area (Å²) in [4.78, 5) is 18.8. The van der Waals surface area contributed by atoms with E-state index in [0.717, 1.165) is 11.4 Å². The summed E-state index contributed by atoms with van der Waals surface area (Å²) < 4.78 is 5.58. The first-order chi connectivity index (χ1) is 9.15. The van der Waals surface area contributed by atoms with E-state index in [1.807, 2.05) is 31.2 Å². The normalized spacial score (nSPS) is 11.9. The van der Waals surface area contributed by atoms with Crippen LogP contribution >= 0.6 is 0 Å². The van der Waals surface area contributed by atoms with Crippen LogP contribution in [0, 0.1) is 6.92 Å². The Labute approximate surface area is 112 Å². The molecule has 1 aromatic heterocycles. The molecule has 0 radical (unpaired) electrons. The molecule has 2 rings (SSSR count). The number of hydrogen-bond donors (Lipinski definition) is 2. The number of aromatic amines is 1. The fourth-order valence-electron chi connectivity index (χ4n) is 1.66. The Kier molecular flexibility index (Phi) is 4.18. The summed E-state index contributed by atoms with van der Waals surface area (Å²) in [6.45, 7) is 4.07. The monoisotopic (exact) mass is 259 g/mol. The number of rotatable bonds is 5. The van der Waals surface area contributed by atoms with Crippen molar-refractivity contribution in [2.24, 2.45) is 0 Å². The second kappa shape index (κ2) is 6.04. The highest BCUT2D eigenvalue weighted by Crippen LogP contribution is 2.14. The number of carbonyl (C=O) groups excluding carboxylic acids is 1. The van der Waals surface area contributed by atoms with Crippen LogP contribution in [0.2, 0.25) is 0 Å². The van der Waals surface area contributed by atoms with Crippen LogP contribution in [0.15, 0.2) is 36.7 Å². The third-order valence-electron chi connectivity index (χ3n) is 2.66. The third kappa shape index (κ3) is 3.84. The van der Waals surface area contributed by atoms with Gasteiger partial charge < -0.3 is 15.0 Å². The Hall–Kier alpha value is -2.30. The summed E-state index contributed by atoms with van der Waals surface area (Å²) in [6, 6.07) is 7.62. The predicted molar refractivity (Wildman–Crippen MR) is 71.7 cm³/mol. The Morgan fingerprint density at radius 1 is 1.53 bits per heavy atom. The van der Waals surface area contributed by atoms with Gasteiger partial charge in [-0.05, 0) is 31.5 Å². The highest BCUT2D eigenvalue weighted by molar-refractivity contribution is 5.80. The summed E-state index contributed by atoms with van der Waals surface area (Å²) in [5.74, 6) is 1.25. The fourth-order valence-corrected chi connectivity index (χ4v) is 1.66. The average Bonchev–Trinajstić information content (AvgIpc) is 2.89. The number of imidazole rings is 1. The van der Waals surface area contributed by atoms with Crippen LogP contribution in [0.1, 0.15) is 18.3 Å². The first-order valence-corrected chi connectivity index (χ1v) is 6.14. The van der Waals surface area contributed by atoms with E-state index >= 15 is 0 Å². The predicted octanol–water partition coefficient (Wildman–Crippen LogP) is 1.80. The lowest BCUT2D eigenvalue weighted by Crippen LogP contribution is -2.36. The molecule has 0 spiro atoms. The van der Waals surface area contributed by atoms with Gasteiger partial charge in [-0.3, -0.25) is 4.79 Å². The number of amides is 1. The molecule has 1 unspecified atom stereocenters. The minimum Gasteiger partial charge on any atom is -0.481 e. The minimum atomic E-state index is -0.545. The van der Waals surface area contributed by atoms with E-state index < -0.39 is 6.10 Å². The SMILES string of the molecule is Cc1cccc(OC(C)C(=O)NCc2ncc[nH]2)c1. The molecule has 0 saturated heterocycles. The maximum atomic E-state index is 11.8. The number of benzene rings is 1. The number of hydrogen-bond acceptors (Lipinski definition) is 3. The number of nitrogens with zero attached hydrogens (tertiary/aromatic N) is 1. The smallest absolute Gasteiger partial charge is 0.261 e. The highest BCUT2D eigenvalue weighted by atomic mass is 16.5. The molecule has 1 amide bonds. The lowest BCUT2D eigenvalue weighted by Gasteiger charge is -2.14.